The van der Waals surface area contributed by atoms with Gasteiger partial charge >= 0.3 is 0 Å². The molecule has 1 saturated carbocycles. The van der Waals surface area contributed by atoms with Crippen molar-refractivity contribution in [1.29, 1.82) is 5.26 Å². The average Bonchev–Trinajstić information content (AvgIpc) is 3.20. The molecule has 0 unspecified atom stereocenters. The molecule has 1 aromatic carbocycles. The van der Waals surface area contributed by atoms with Gasteiger partial charge in [-0.05, 0) is 19.8 Å². The van der Waals surface area contributed by atoms with Gasteiger partial charge in [0.15, 0.2) is 5.76 Å². The first-order chi connectivity index (χ1) is 10.9. The van der Waals surface area contributed by atoms with Gasteiger partial charge in [-0.25, -0.2) is 13.1 Å². The number of hydrogen-bond acceptors (Lipinski definition) is 5. The molecule has 0 radical (unpaired) electrons. The maximum absolute atomic E-state index is 12.1. The first-order valence-electron chi connectivity index (χ1n) is 7.34. The third kappa shape index (κ3) is 3.44. The van der Waals surface area contributed by atoms with E-state index < -0.39 is 15.4 Å². The highest BCUT2D eigenvalue weighted by Gasteiger charge is 2.46. The van der Waals surface area contributed by atoms with E-state index in [1.54, 1.807) is 0 Å². The molecule has 0 spiro atoms. The number of rotatable bonds is 6. The number of nitriles is 1. The number of nitrogens with zero attached hydrogens (tertiary/aromatic N) is 2. The molecule has 0 saturated heterocycles. The van der Waals surface area contributed by atoms with Crippen LogP contribution in [0.4, 0.5) is 0 Å². The highest BCUT2D eigenvalue weighted by Crippen LogP contribution is 2.45. The molecule has 7 heteroatoms. The van der Waals surface area contributed by atoms with Crippen molar-refractivity contribution in [3.63, 3.8) is 0 Å². The molecular formula is C16H17N3O3S. The topological polar surface area (TPSA) is 96.0 Å². The van der Waals surface area contributed by atoms with Crippen LogP contribution in [-0.2, 0) is 16.6 Å². The van der Waals surface area contributed by atoms with Gasteiger partial charge in [-0.1, -0.05) is 35.5 Å². The summed E-state index contributed by atoms with van der Waals surface area (Å²) < 4.78 is 32.0. The molecule has 0 amide bonds. The summed E-state index contributed by atoms with van der Waals surface area (Å²) in [4.78, 5) is 0. The van der Waals surface area contributed by atoms with Crippen LogP contribution in [0.3, 0.4) is 0 Å². The lowest BCUT2D eigenvalue weighted by molar-refractivity contribution is 0.422. The quantitative estimate of drug-likeness (QED) is 0.876. The van der Waals surface area contributed by atoms with Crippen LogP contribution < -0.4 is 4.72 Å². The van der Waals surface area contributed by atoms with Gasteiger partial charge in [-0.15, -0.1) is 0 Å². The molecule has 1 aliphatic carbocycles. The van der Waals surface area contributed by atoms with E-state index in [0.717, 1.165) is 11.1 Å². The molecule has 1 heterocycles. The van der Waals surface area contributed by atoms with Crippen LogP contribution in [-0.4, -0.2) is 19.3 Å². The van der Waals surface area contributed by atoms with E-state index in [0.29, 0.717) is 24.3 Å². The van der Waals surface area contributed by atoms with Crippen LogP contribution in [0.2, 0.25) is 0 Å². The number of aromatic nitrogens is 1. The molecule has 0 bridgehead atoms. The number of benzene rings is 1. The Hall–Kier alpha value is -2.17. The van der Waals surface area contributed by atoms with E-state index in [9.17, 15) is 8.42 Å². The lowest BCUT2D eigenvalue weighted by atomic mass is 10.1. The van der Waals surface area contributed by atoms with Crippen molar-refractivity contribution in [2.45, 2.75) is 26.3 Å². The van der Waals surface area contributed by atoms with Crippen LogP contribution >= 0.6 is 0 Å². The minimum atomic E-state index is -3.51. The van der Waals surface area contributed by atoms with E-state index in [2.05, 4.69) is 15.9 Å². The summed E-state index contributed by atoms with van der Waals surface area (Å²) >= 11 is 0. The lowest BCUT2D eigenvalue weighted by Crippen LogP contribution is -2.30. The second-order valence-electron chi connectivity index (χ2n) is 5.92. The van der Waals surface area contributed by atoms with Crippen LogP contribution in [0.25, 0.3) is 11.3 Å². The number of nitrogens with one attached hydrogen (secondary N) is 1. The van der Waals surface area contributed by atoms with Crippen molar-refractivity contribution in [1.82, 2.24) is 9.88 Å². The van der Waals surface area contributed by atoms with Crippen LogP contribution in [0.1, 0.15) is 24.1 Å². The minimum Gasteiger partial charge on any atom is -0.356 e. The van der Waals surface area contributed by atoms with E-state index in [4.69, 9.17) is 9.78 Å². The Morgan fingerprint density at radius 1 is 1.35 bits per heavy atom. The Morgan fingerprint density at radius 3 is 2.65 bits per heavy atom. The van der Waals surface area contributed by atoms with Gasteiger partial charge in [-0.2, -0.15) is 5.26 Å². The van der Waals surface area contributed by atoms with E-state index in [1.165, 1.54) is 0 Å². The molecule has 3 rings (SSSR count). The van der Waals surface area contributed by atoms with Gasteiger partial charge in [-0.3, -0.25) is 0 Å². The van der Waals surface area contributed by atoms with Crippen LogP contribution in [0.5, 0.6) is 0 Å². The minimum absolute atomic E-state index is 0.0615. The first-order valence-corrected chi connectivity index (χ1v) is 8.99. The molecule has 6 nitrogen and oxygen atoms in total. The fourth-order valence-corrected chi connectivity index (χ4v) is 3.96. The molecule has 1 N–H and O–H groups in total. The molecule has 1 aromatic heterocycles. The third-order valence-electron chi connectivity index (χ3n) is 4.07. The van der Waals surface area contributed by atoms with Gasteiger partial charge in [0.25, 0.3) is 0 Å². The largest absolute Gasteiger partial charge is 0.356 e. The molecule has 23 heavy (non-hydrogen) atoms. The van der Waals surface area contributed by atoms with Gasteiger partial charge in [0, 0.05) is 11.1 Å². The first kappa shape index (κ1) is 15.7. The fourth-order valence-electron chi connectivity index (χ4n) is 2.42. The number of sulfonamides is 1. The van der Waals surface area contributed by atoms with Crippen molar-refractivity contribution in [2.75, 3.05) is 5.75 Å². The van der Waals surface area contributed by atoms with Crippen molar-refractivity contribution >= 4 is 10.0 Å². The van der Waals surface area contributed by atoms with E-state index >= 15 is 0 Å². The predicted octanol–water partition coefficient (Wildman–Crippen LogP) is 2.37. The summed E-state index contributed by atoms with van der Waals surface area (Å²) in [6.07, 6.45) is 1.29. The zero-order valence-corrected chi connectivity index (χ0v) is 13.6. The predicted molar refractivity (Wildman–Crippen MR) is 84.6 cm³/mol. The van der Waals surface area contributed by atoms with Crippen LogP contribution in [0.15, 0.2) is 34.9 Å². The van der Waals surface area contributed by atoms with Crippen LogP contribution in [0, 0.1) is 23.7 Å². The standard InChI is InChI=1S/C16H17N3O3S/c1-12-14(19-22-15(12)13-5-3-2-4-6-13)9-18-23(20,21)11-16(10-17)7-8-16/h2-6,18H,7-9,11H2,1H3. The summed E-state index contributed by atoms with van der Waals surface area (Å²) in [6.45, 7) is 1.91. The fraction of sp³-hybridized carbons (Fsp3) is 0.375. The van der Waals surface area contributed by atoms with Gasteiger partial charge in [0.05, 0.1) is 23.8 Å². The maximum Gasteiger partial charge on any atom is 0.213 e. The van der Waals surface area contributed by atoms with Gasteiger partial charge < -0.3 is 4.52 Å². The molecule has 0 aliphatic heterocycles. The average molecular weight is 331 g/mol. The number of hydrogen-bond donors (Lipinski definition) is 1. The van der Waals surface area contributed by atoms with Gasteiger partial charge in [0.2, 0.25) is 10.0 Å². The normalized spacial score (nSPS) is 16.0. The molecule has 1 fully saturated rings. The molecule has 120 valence electrons. The SMILES string of the molecule is Cc1c(CNS(=O)(=O)CC2(C#N)CC2)noc1-c1ccccc1. The second-order valence-corrected chi connectivity index (χ2v) is 7.73. The van der Waals surface area contributed by atoms with Crippen molar-refractivity contribution in [3.05, 3.63) is 41.6 Å². The Morgan fingerprint density at radius 2 is 2.04 bits per heavy atom. The zero-order chi connectivity index (χ0) is 16.5. The Bertz CT molecular complexity index is 846. The van der Waals surface area contributed by atoms with Crippen molar-refractivity contribution < 1.29 is 12.9 Å². The van der Waals surface area contributed by atoms with Gasteiger partial charge in [0.1, 0.15) is 5.69 Å². The summed E-state index contributed by atoms with van der Waals surface area (Å²) in [5.41, 5.74) is 1.56. The maximum atomic E-state index is 12.1. The highest BCUT2D eigenvalue weighted by atomic mass is 32.2. The molecule has 2 aromatic rings. The Balaban J connectivity index is 1.70. The lowest BCUT2D eigenvalue weighted by Gasteiger charge is -2.08. The smallest absolute Gasteiger partial charge is 0.213 e. The summed E-state index contributed by atoms with van der Waals surface area (Å²) in [6, 6.07) is 11.6. The second kappa shape index (κ2) is 5.80. The van der Waals surface area contributed by atoms with Crippen molar-refractivity contribution in [2.24, 2.45) is 5.41 Å². The van der Waals surface area contributed by atoms with E-state index in [-0.39, 0.29) is 12.3 Å². The summed E-state index contributed by atoms with van der Waals surface area (Å²) in [5, 5.41) is 13.0. The Labute approximate surface area is 135 Å². The third-order valence-corrected chi connectivity index (χ3v) is 5.59. The summed E-state index contributed by atoms with van der Waals surface area (Å²) in [5.74, 6) is 0.481. The highest BCUT2D eigenvalue weighted by molar-refractivity contribution is 7.89. The van der Waals surface area contributed by atoms with Crippen molar-refractivity contribution in [3.8, 4) is 17.4 Å². The monoisotopic (exact) mass is 331 g/mol. The zero-order valence-electron chi connectivity index (χ0n) is 12.7. The van der Waals surface area contributed by atoms with E-state index in [1.807, 2.05) is 37.3 Å². The molecule has 0 atom stereocenters. The summed E-state index contributed by atoms with van der Waals surface area (Å²) in [7, 11) is -3.51. The Kier molecular flexibility index (Phi) is 3.96. The molecular weight excluding hydrogens is 314 g/mol. The molecule has 1 aliphatic rings.